The van der Waals surface area contributed by atoms with E-state index in [0.717, 1.165) is 12.1 Å². The lowest BCUT2D eigenvalue weighted by Crippen LogP contribution is -3.10. The van der Waals surface area contributed by atoms with Crippen molar-refractivity contribution in [1.82, 2.24) is 0 Å². The van der Waals surface area contributed by atoms with Crippen LogP contribution < -0.4 is 17.3 Å². The third-order valence-electron chi connectivity index (χ3n) is 7.02. The molecule has 3 nitrogen and oxygen atoms in total. The summed E-state index contributed by atoms with van der Waals surface area (Å²) in [5, 5.41) is 0. The summed E-state index contributed by atoms with van der Waals surface area (Å²) in [6.45, 7) is 4.48. The maximum atomic E-state index is 5.63. The number of hydrogen-bond donors (Lipinski definition) is 1. The molecule has 1 N–H and O–H groups in total. The van der Waals surface area contributed by atoms with Crippen LogP contribution in [0.15, 0.2) is 0 Å². The first-order chi connectivity index (χ1) is 14.5. The van der Waals surface area contributed by atoms with Gasteiger partial charge in [-0.05, 0) is 38.3 Å². The predicted molar refractivity (Wildman–Crippen MR) is 136 cm³/mol. The minimum absolute atomic E-state index is 0. The fourth-order valence-electron chi connectivity index (χ4n) is 4.44. The molecular weight excluding hydrogens is 422 g/mol. The van der Waals surface area contributed by atoms with E-state index in [1.165, 1.54) is 116 Å². The van der Waals surface area contributed by atoms with Crippen LogP contribution in [0.2, 0.25) is 12.6 Å². The maximum absolute atomic E-state index is 5.63. The molecule has 0 heterocycles. The van der Waals surface area contributed by atoms with E-state index in [4.69, 9.17) is 8.85 Å². The van der Waals surface area contributed by atoms with E-state index in [1.54, 1.807) is 19.1 Å². The Balaban J connectivity index is 0. The second-order valence-corrected chi connectivity index (χ2v) is 13.5. The molecular formula is C26H58ClNO2Si. The molecule has 0 radical (unpaired) electrons. The Morgan fingerprint density at radius 2 is 0.968 bits per heavy atom. The molecule has 0 bridgehead atoms. The van der Waals surface area contributed by atoms with Crippen LogP contribution in [-0.4, -0.2) is 42.9 Å². The molecule has 0 aromatic rings. The molecule has 0 aromatic heterocycles. The highest BCUT2D eigenvalue weighted by Gasteiger charge is 2.28. The van der Waals surface area contributed by atoms with Gasteiger partial charge >= 0.3 is 8.56 Å². The normalized spacial score (nSPS) is 12.9. The first kappa shape index (κ1) is 33.6. The second-order valence-electron chi connectivity index (χ2n) is 9.95. The number of halogens is 1. The lowest BCUT2D eigenvalue weighted by molar-refractivity contribution is -0.886. The molecule has 0 saturated heterocycles. The van der Waals surface area contributed by atoms with Gasteiger partial charge in [0.05, 0.1) is 20.1 Å². The van der Waals surface area contributed by atoms with Gasteiger partial charge in [-0.2, -0.15) is 0 Å². The molecule has 0 fully saturated rings. The average molecular weight is 480 g/mol. The van der Waals surface area contributed by atoms with Crippen LogP contribution in [0, 0.1) is 0 Å². The first-order valence-electron chi connectivity index (χ1n) is 13.4. The largest absolute Gasteiger partial charge is 1.00 e. The van der Waals surface area contributed by atoms with Crippen LogP contribution in [-0.2, 0) is 8.85 Å². The van der Waals surface area contributed by atoms with Crippen molar-refractivity contribution in [2.75, 3.05) is 28.3 Å². The SMILES string of the molecule is CCCCCCCCCCCCCCCCCC(CCC[Si](C)(OC)OC)[NH+](C)C.[Cl-]. The molecule has 0 spiro atoms. The van der Waals surface area contributed by atoms with Crippen molar-refractivity contribution in [1.29, 1.82) is 0 Å². The Morgan fingerprint density at radius 3 is 1.32 bits per heavy atom. The molecule has 0 amide bonds. The first-order valence-corrected chi connectivity index (χ1v) is 15.9. The fourth-order valence-corrected chi connectivity index (χ4v) is 5.86. The van der Waals surface area contributed by atoms with Crippen molar-refractivity contribution in [3.05, 3.63) is 0 Å². The van der Waals surface area contributed by atoms with Gasteiger partial charge in [0.1, 0.15) is 0 Å². The lowest BCUT2D eigenvalue weighted by Gasteiger charge is -2.25. The Morgan fingerprint density at radius 1 is 0.613 bits per heavy atom. The van der Waals surface area contributed by atoms with Crippen molar-refractivity contribution < 1.29 is 26.2 Å². The summed E-state index contributed by atoms with van der Waals surface area (Å²) in [6, 6.07) is 1.90. The number of nitrogens with one attached hydrogen (secondary N) is 1. The highest BCUT2D eigenvalue weighted by atomic mass is 35.5. The summed E-state index contributed by atoms with van der Waals surface area (Å²) in [5.74, 6) is 0. The maximum Gasteiger partial charge on any atom is 0.334 e. The predicted octanol–water partition coefficient (Wildman–Crippen LogP) is 3.91. The minimum Gasteiger partial charge on any atom is -1.00 e. The van der Waals surface area contributed by atoms with Gasteiger partial charge < -0.3 is 26.2 Å². The molecule has 1 atom stereocenters. The molecule has 1 unspecified atom stereocenters. The van der Waals surface area contributed by atoms with Crippen LogP contribution in [0.25, 0.3) is 0 Å². The van der Waals surface area contributed by atoms with E-state index < -0.39 is 8.56 Å². The highest BCUT2D eigenvalue weighted by Crippen LogP contribution is 2.18. The Bertz CT molecular complexity index is 354. The van der Waals surface area contributed by atoms with Crippen molar-refractivity contribution in [2.24, 2.45) is 0 Å². The summed E-state index contributed by atoms with van der Waals surface area (Å²) in [6.07, 6.45) is 25.6. The Labute approximate surface area is 204 Å². The van der Waals surface area contributed by atoms with Gasteiger partial charge in [0.15, 0.2) is 0 Å². The summed E-state index contributed by atoms with van der Waals surface area (Å²) < 4.78 is 11.3. The van der Waals surface area contributed by atoms with E-state index in [9.17, 15) is 0 Å². The number of unbranched alkanes of at least 4 members (excludes halogenated alkanes) is 14. The Hall–Kier alpha value is 0.387. The van der Waals surface area contributed by atoms with Crippen LogP contribution in [0.3, 0.4) is 0 Å². The van der Waals surface area contributed by atoms with E-state index >= 15 is 0 Å². The van der Waals surface area contributed by atoms with Crippen molar-refractivity contribution >= 4 is 8.56 Å². The van der Waals surface area contributed by atoms with Crippen LogP contribution >= 0.6 is 0 Å². The molecule has 0 saturated carbocycles. The zero-order chi connectivity index (χ0) is 22.5. The number of hydrogen-bond acceptors (Lipinski definition) is 2. The third-order valence-corrected chi connectivity index (χ3v) is 10.0. The smallest absolute Gasteiger partial charge is 0.334 e. The quantitative estimate of drug-likeness (QED) is 0.177. The lowest BCUT2D eigenvalue weighted by atomic mass is 10.0. The summed E-state index contributed by atoms with van der Waals surface area (Å²) in [5.41, 5.74) is 0. The average Bonchev–Trinajstić information content (AvgIpc) is 2.74. The summed E-state index contributed by atoms with van der Waals surface area (Å²) in [7, 11) is 6.37. The topological polar surface area (TPSA) is 22.9 Å². The highest BCUT2D eigenvalue weighted by molar-refractivity contribution is 6.65. The molecule has 0 aromatic carbocycles. The fraction of sp³-hybridized carbons (Fsp3) is 1.00. The van der Waals surface area contributed by atoms with Crippen LogP contribution in [0.5, 0.6) is 0 Å². The molecule has 0 aliphatic rings. The molecule has 31 heavy (non-hydrogen) atoms. The summed E-state index contributed by atoms with van der Waals surface area (Å²) in [4.78, 5) is 1.61. The van der Waals surface area contributed by atoms with Crippen molar-refractivity contribution in [3.63, 3.8) is 0 Å². The van der Waals surface area contributed by atoms with Crippen LogP contribution in [0.1, 0.15) is 122 Å². The zero-order valence-electron chi connectivity index (χ0n) is 22.2. The molecule has 190 valence electrons. The molecule has 0 aliphatic carbocycles. The van der Waals surface area contributed by atoms with Gasteiger partial charge in [-0.3, -0.25) is 0 Å². The third kappa shape index (κ3) is 20.7. The van der Waals surface area contributed by atoms with Crippen LogP contribution in [0.4, 0.5) is 0 Å². The molecule has 5 heteroatoms. The second kappa shape index (κ2) is 23.5. The van der Waals surface area contributed by atoms with E-state index in [1.807, 2.05) is 0 Å². The van der Waals surface area contributed by atoms with Gasteiger partial charge in [-0.25, -0.2) is 0 Å². The van der Waals surface area contributed by atoms with Gasteiger partial charge in [-0.15, -0.1) is 0 Å². The van der Waals surface area contributed by atoms with Gasteiger partial charge in [0.25, 0.3) is 0 Å². The monoisotopic (exact) mass is 479 g/mol. The van der Waals surface area contributed by atoms with E-state index in [-0.39, 0.29) is 12.4 Å². The minimum atomic E-state index is -1.88. The number of quaternary nitrogens is 1. The molecule has 0 aliphatic heterocycles. The summed E-state index contributed by atoms with van der Waals surface area (Å²) >= 11 is 0. The van der Waals surface area contributed by atoms with Crippen molar-refractivity contribution in [2.45, 2.75) is 141 Å². The Kier molecular flexibility index (Phi) is 25.5. The molecule has 0 rings (SSSR count). The van der Waals surface area contributed by atoms with Gasteiger partial charge in [-0.1, -0.05) is 96.8 Å². The van der Waals surface area contributed by atoms with Gasteiger partial charge in [0.2, 0.25) is 0 Å². The van der Waals surface area contributed by atoms with E-state index in [0.29, 0.717) is 0 Å². The van der Waals surface area contributed by atoms with Crippen molar-refractivity contribution in [3.8, 4) is 0 Å². The van der Waals surface area contributed by atoms with E-state index in [2.05, 4.69) is 27.6 Å². The number of rotatable bonds is 23. The van der Waals surface area contributed by atoms with Gasteiger partial charge in [0, 0.05) is 14.2 Å². The standard InChI is InChI=1S/C26H57NO2Si.ClH/c1-7-8-9-10-11-12-13-14-15-16-17-18-19-20-21-23-26(27(2)3)24-22-25-30(6,28-4)29-5;/h26H,7-25H2,1-6H3;1H. The zero-order valence-corrected chi connectivity index (χ0v) is 24.0.